The molecule has 0 spiro atoms. The number of hydrogen-bond donors (Lipinski definition) is 7. The number of rotatable bonds is 13. The minimum atomic E-state index is -1.49. The van der Waals surface area contributed by atoms with Crippen LogP contribution in [0.15, 0.2) is 30.3 Å². The molecule has 32 heavy (non-hydrogen) atoms. The van der Waals surface area contributed by atoms with E-state index in [0.29, 0.717) is 0 Å². The van der Waals surface area contributed by atoms with Gasteiger partial charge in [0.2, 0.25) is 17.7 Å². The van der Waals surface area contributed by atoms with Crippen molar-refractivity contribution < 1.29 is 29.4 Å². The number of thiol groups is 1. The molecule has 11 heteroatoms. The molecule has 178 valence electrons. The highest BCUT2D eigenvalue weighted by Crippen LogP contribution is 2.07. The maximum absolute atomic E-state index is 12.7. The lowest BCUT2D eigenvalue weighted by atomic mass is 10.0. The van der Waals surface area contributed by atoms with Crippen molar-refractivity contribution >= 4 is 36.3 Å². The van der Waals surface area contributed by atoms with Crippen LogP contribution in [-0.2, 0) is 25.6 Å². The number of carboxylic acid groups (broad SMARTS) is 1. The molecule has 1 aromatic carbocycles. The van der Waals surface area contributed by atoms with E-state index >= 15 is 0 Å². The Balaban J connectivity index is 2.79. The Morgan fingerprint density at radius 1 is 0.938 bits per heavy atom. The molecule has 7 N–H and O–H groups in total. The van der Waals surface area contributed by atoms with Gasteiger partial charge in [-0.1, -0.05) is 44.2 Å². The van der Waals surface area contributed by atoms with Crippen LogP contribution < -0.4 is 21.7 Å². The van der Waals surface area contributed by atoms with E-state index in [2.05, 4.69) is 28.6 Å². The van der Waals surface area contributed by atoms with Crippen molar-refractivity contribution in [3.8, 4) is 0 Å². The number of carboxylic acids is 1. The lowest BCUT2D eigenvalue weighted by Crippen LogP contribution is -2.58. The van der Waals surface area contributed by atoms with Crippen LogP contribution in [0.25, 0.3) is 0 Å². The zero-order chi connectivity index (χ0) is 24.3. The van der Waals surface area contributed by atoms with Gasteiger partial charge < -0.3 is 31.9 Å². The normalized spacial score (nSPS) is 14.7. The smallest absolute Gasteiger partial charge is 0.328 e. The van der Waals surface area contributed by atoms with Gasteiger partial charge in [0.15, 0.2) is 0 Å². The summed E-state index contributed by atoms with van der Waals surface area (Å²) >= 11 is 4.11. The summed E-state index contributed by atoms with van der Waals surface area (Å²) in [6, 6.07) is 4.68. The number of amides is 3. The molecule has 0 aliphatic heterocycles. The summed E-state index contributed by atoms with van der Waals surface area (Å²) in [6.45, 7) is 2.86. The summed E-state index contributed by atoms with van der Waals surface area (Å²) in [6.07, 6.45) is 0.500. The zero-order valence-electron chi connectivity index (χ0n) is 18.2. The van der Waals surface area contributed by atoms with E-state index in [0.717, 1.165) is 5.56 Å². The predicted octanol–water partition coefficient (Wildman–Crippen LogP) is -0.936. The number of carbonyl (C=O) groups is 4. The van der Waals surface area contributed by atoms with Crippen LogP contribution in [0.5, 0.6) is 0 Å². The van der Waals surface area contributed by atoms with Crippen LogP contribution >= 0.6 is 12.6 Å². The second-order valence-electron chi connectivity index (χ2n) is 7.81. The van der Waals surface area contributed by atoms with Crippen LogP contribution in [0.4, 0.5) is 0 Å². The van der Waals surface area contributed by atoms with Gasteiger partial charge in [-0.3, -0.25) is 14.4 Å². The average molecular weight is 469 g/mol. The predicted molar refractivity (Wildman–Crippen MR) is 122 cm³/mol. The Bertz CT molecular complexity index is 777. The number of nitrogens with two attached hydrogens (primary N) is 1. The minimum Gasteiger partial charge on any atom is -0.480 e. The molecule has 0 aliphatic carbocycles. The highest BCUT2D eigenvalue weighted by Gasteiger charge is 2.30. The Kier molecular flexibility index (Phi) is 11.7. The molecular weight excluding hydrogens is 436 g/mol. The SMILES string of the molecule is CC(C)CC(NC(=O)C(CS)NC(=O)C(N)Cc1ccccc1)C(=O)NC(CO)C(=O)O. The van der Waals surface area contributed by atoms with Gasteiger partial charge in [0.25, 0.3) is 0 Å². The molecule has 4 unspecified atom stereocenters. The highest BCUT2D eigenvalue weighted by molar-refractivity contribution is 7.80. The number of benzene rings is 1. The van der Waals surface area contributed by atoms with Crippen LogP contribution in [-0.4, -0.2) is 70.4 Å². The molecule has 0 saturated carbocycles. The summed E-state index contributed by atoms with van der Waals surface area (Å²) in [5.74, 6) is -3.40. The molecule has 1 rings (SSSR count). The third-order valence-electron chi connectivity index (χ3n) is 4.59. The van der Waals surface area contributed by atoms with Gasteiger partial charge in [-0.2, -0.15) is 12.6 Å². The number of aliphatic hydroxyl groups excluding tert-OH is 1. The van der Waals surface area contributed by atoms with E-state index in [9.17, 15) is 19.2 Å². The second-order valence-corrected chi connectivity index (χ2v) is 8.18. The maximum atomic E-state index is 12.7. The van der Waals surface area contributed by atoms with Crippen LogP contribution in [0.1, 0.15) is 25.8 Å². The molecule has 4 atom stereocenters. The summed E-state index contributed by atoms with van der Waals surface area (Å²) in [5.41, 5.74) is 6.82. The second kappa shape index (κ2) is 13.7. The van der Waals surface area contributed by atoms with Gasteiger partial charge in [-0.25, -0.2) is 4.79 Å². The molecule has 0 radical (unpaired) electrons. The Morgan fingerprint density at radius 3 is 1.97 bits per heavy atom. The van der Waals surface area contributed by atoms with Crippen LogP contribution in [0.3, 0.4) is 0 Å². The third kappa shape index (κ3) is 9.25. The first-order valence-corrected chi connectivity index (χ1v) is 10.9. The molecule has 3 amide bonds. The van der Waals surface area contributed by atoms with Crippen molar-refractivity contribution in [3.63, 3.8) is 0 Å². The standard InChI is InChI=1S/C21H32N4O6S/c1-12(2)8-15(19(28)24-16(10-26)21(30)31)23-20(29)17(11-32)25-18(27)14(22)9-13-6-4-3-5-7-13/h3-7,12,14-17,26,32H,8-11,22H2,1-2H3,(H,23,29)(H,24,28)(H,25,27)(H,30,31). The minimum absolute atomic E-state index is 0.00760. The van der Waals surface area contributed by atoms with E-state index in [1.807, 2.05) is 44.2 Å². The highest BCUT2D eigenvalue weighted by atomic mass is 32.1. The zero-order valence-corrected chi connectivity index (χ0v) is 19.0. The van der Waals surface area contributed by atoms with E-state index < -0.39 is 54.5 Å². The van der Waals surface area contributed by atoms with Crippen molar-refractivity contribution in [2.75, 3.05) is 12.4 Å². The summed E-state index contributed by atoms with van der Waals surface area (Å²) < 4.78 is 0. The Morgan fingerprint density at radius 2 is 1.47 bits per heavy atom. The Hall–Kier alpha value is -2.63. The molecule has 0 saturated heterocycles. The number of nitrogens with one attached hydrogen (secondary N) is 3. The lowest BCUT2D eigenvalue weighted by Gasteiger charge is -2.25. The number of aliphatic hydroxyl groups is 1. The van der Waals surface area contributed by atoms with Gasteiger partial charge in [0.1, 0.15) is 18.1 Å². The lowest BCUT2D eigenvalue weighted by molar-refractivity contribution is -0.143. The van der Waals surface area contributed by atoms with Gasteiger partial charge in [0, 0.05) is 5.75 Å². The molecule has 0 aromatic heterocycles. The van der Waals surface area contributed by atoms with Crippen LogP contribution in [0, 0.1) is 5.92 Å². The van der Waals surface area contributed by atoms with E-state index in [1.165, 1.54) is 0 Å². The Labute approximate surface area is 192 Å². The van der Waals surface area contributed by atoms with E-state index in [4.69, 9.17) is 15.9 Å². The number of carbonyl (C=O) groups excluding carboxylic acids is 3. The van der Waals surface area contributed by atoms with Crippen molar-refractivity contribution in [1.82, 2.24) is 16.0 Å². The fourth-order valence-electron chi connectivity index (χ4n) is 2.87. The van der Waals surface area contributed by atoms with Crippen molar-refractivity contribution in [2.24, 2.45) is 11.7 Å². The van der Waals surface area contributed by atoms with Crippen LogP contribution in [0.2, 0.25) is 0 Å². The van der Waals surface area contributed by atoms with Gasteiger partial charge in [-0.15, -0.1) is 0 Å². The first-order chi connectivity index (χ1) is 15.1. The average Bonchev–Trinajstić information content (AvgIpc) is 2.74. The summed E-state index contributed by atoms with van der Waals surface area (Å²) in [7, 11) is 0. The molecule has 0 heterocycles. The molecule has 0 aliphatic rings. The summed E-state index contributed by atoms with van der Waals surface area (Å²) in [4.78, 5) is 48.7. The van der Waals surface area contributed by atoms with Gasteiger partial charge in [0.05, 0.1) is 12.6 Å². The molecule has 1 aromatic rings. The van der Waals surface area contributed by atoms with Gasteiger partial charge >= 0.3 is 5.97 Å². The largest absolute Gasteiger partial charge is 0.480 e. The molecule has 0 bridgehead atoms. The van der Waals surface area contributed by atoms with E-state index in [1.54, 1.807) is 0 Å². The quantitative estimate of drug-likeness (QED) is 0.183. The topological polar surface area (TPSA) is 171 Å². The van der Waals surface area contributed by atoms with E-state index in [-0.39, 0.29) is 24.5 Å². The van der Waals surface area contributed by atoms with Crippen molar-refractivity contribution in [1.29, 1.82) is 0 Å². The molecule has 10 nitrogen and oxygen atoms in total. The fourth-order valence-corrected chi connectivity index (χ4v) is 3.12. The first-order valence-electron chi connectivity index (χ1n) is 10.2. The fraction of sp³-hybridized carbons (Fsp3) is 0.524. The maximum Gasteiger partial charge on any atom is 0.328 e. The van der Waals surface area contributed by atoms with Crippen molar-refractivity contribution in [2.45, 2.75) is 50.9 Å². The number of aliphatic carboxylic acids is 1. The molecular formula is C21H32N4O6S. The third-order valence-corrected chi connectivity index (χ3v) is 4.95. The summed E-state index contributed by atoms with van der Waals surface area (Å²) in [5, 5.41) is 25.4. The number of hydrogen-bond acceptors (Lipinski definition) is 7. The van der Waals surface area contributed by atoms with Crippen molar-refractivity contribution in [3.05, 3.63) is 35.9 Å². The van der Waals surface area contributed by atoms with Gasteiger partial charge in [-0.05, 0) is 24.3 Å². The first kappa shape index (κ1) is 27.4. The molecule has 0 fully saturated rings. The monoisotopic (exact) mass is 468 g/mol.